The van der Waals surface area contributed by atoms with Gasteiger partial charge in [-0.15, -0.1) is 0 Å². The second-order valence-electron chi connectivity index (χ2n) is 4.35. The van der Waals surface area contributed by atoms with Crippen LogP contribution in [0.1, 0.15) is 51.8 Å². The maximum atomic E-state index is 9.69. The van der Waals surface area contributed by atoms with Crippen LogP contribution in [-0.4, -0.2) is 23.2 Å². The molecule has 0 spiro atoms. The quantitative estimate of drug-likeness (QED) is 0.790. The van der Waals surface area contributed by atoms with Gasteiger partial charge in [-0.3, -0.25) is 4.98 Å². The first kappa shape index (κ1) is 14.0. The first-order valence-electron chi connectivity index (χ1n) is 6.61. The summed E-state index contributed by atoms with van der Waals surface area (Å²) in [5.74, 6) is 0. The zero-order chi connectivity index (χ0) is 12.7. The molecule has 1 rings (SSSR count). The highest BCUT2D eigenvalue weighted by Gasteiger charge is 2.08. The monoisotopic (exact) mass is 236 g/mol. The van der Waals surface area contributed by atoms with Crippen LogP contribution in [0.3, 0.4) is 0 Å². The standard InChI is InChI=1S/C14H24N2O/c1-4-9-16(10-5-2)12-7-8-13(15-11-12)14(17)6-3/h7-8,11,14,17H,4-6,9-10H2,1-3H3/t14-/m0/s1. The van der Waals surface area contributed by atoms with E-state index in [1.54, 1.807) is 0 Å². The molecule has 96 valence electrons. The lowest BCUT2D eigenvalue weighted by Gasteiger charge is -2.23. The third-order valence-corrected chi connectivity index (χ3v) is 2.85. The molecule has 1 aromatic rings. The largest absolute Gasteiger partial charge is 0.387 e. The fraction of sp³-hybridized carbons (Fsp3) is 0.643. The van der Waals surface area contributed by atoms with Gasteiger partial charge >= 0.3 is 0 Å². The summed E-state index contributed by atoms with van der Waals surface area (Å²) in [6.07, 6.45) is 4.42. The van der Waals surface area contributed by atoms with Gasteiger partial charge in [-0.1, -0.05) is 20.8 Å². The topological polar surface area (TPSA) is 36.4 Å². The number of aliphatic hydroxyl groups is 1. The molecule has 1 atom stereocenters. The van der Waals surface area contributed by atoms with Crippen LogP contribution in [0.2, 0.25) is 0 Å². The minimum absolute atomic E-state index is 0.435. The van der Waals surface area contributed by atoms with Crippen molar-refractivity contribution in [2.24, 2.45) is 0 Å². The van der Waals surface area contributed by atoms with Crippen molar-refractivity contribution in [1.29, 1.82) is 0 Å². The van der Waals surface area contributed by atoms with Crippen LogP contribution in [-0.2, 0) is 0 Å². The van der Waals surface area contributed by atoms with Gasteiger partial charge in [-0.05, 0) is 31.4 Å². The summed E-state index contributed by atoms with van der Waals surface area (Å²) in [6.45, 7) is 8.45. The molecule has 0 aliphatic rings. The summed E-state index contributed by atoms with van der Waals surface area (Å²) in [7, 11) is 0. The van der Waals surface area contributed by atoms with E-state index in [-0.39, 0.29) is 0 Å². The van der Waals surface area contributed by atoms with E-state index in [0.29, 0.717) is 6.42 Å². The molecule has 1 aromatic heterocycles. The van der Waals surface area contributed by atoms with Gasteiger partial charge in [0.15, 0.2) is 0 Å². The number of nitrogens with zero attached hydrogens (tertiary/aromatic N) is 2. The average Bonchev–Trinajstić information content (AvgIpc) is 2.38. The van der Waals surface area contributed by atoms with Gasteiger partial charge in [-0.2, -0.15) is 0 Å². The van der Waals surface area contributed by atoms with Crippen molar-refractivity contribution in [3.8, 4) is 0 Å². The Morgan fingerprint density at radius 2 is 1.82 bits per heavy atom. The summed E-state index contributed by atoms with van der Waals surface area (Å²) in [5.41, 5.74) is 1.92. The van der Waals surface area contributed by atoms with Crippen molar-refractivity contribution in [2.45, 2.75) is 46.1 Å². The predicted octanol–water partition coefficient (Wildman–Crippen LogP) is 3.15. The summed E-state index contributed by atoms with van der Waals surface area (Å²) in [6, 6.07) is 3.99. The fourth-order valence-corrected chi connectivity index (χ4v) is 1.90. The van der Waals surface area contributed by atoms with Crippen LogP contribution >= 0.6 is 0 Å². The molecule has 0 saturated heterocycles. The Kier molecular flexibility index (Phi) is 5.98. The van der Waals surface area contributed by atoms with Crippen molar-refractivity contribution in [2.75, 3.05) is 18.0 Å². The molecular formula is C14H24N2O. The van der Waals surface area contributed by atoms with Crippen molar-refractivity contribution in [1.82, 2.24) is 4.98 Å². The van der Waals surface area contributed by atoms with Crippen molar-refractivity contribution >= 4 is 5.69 Å². The number of aromatic nitrogens is 1. The summed E-state index contributed by atoms with van der Waals surface area (Å²) < 4.78 is 0. The van der Waals surface area contributed by atoms with E-state index in [2.05, 4.69) is 29.8 Å². The molecule has 3 nitrogen and oxygen atoms in total. The molecule has 1 N–H and O–H groups in total. The maximum Gasteiger partial charge on any atom is 0.0957 e. The van der Waals surface area contributed by atoms with E-state index in [9.17, 15) is 5.11 Å². The van der Waals surface area contributed by atoms with Crippen molar-refractivity contribution in [3.63, 3.8) is 0 Å². The van der Waals surface area contributed by atoms with Crippen LogP contribution < -0.4 is 4.90 Å². The molecule has 0 aliphatic carbocycles. The van der Waals surface area contributed by atoms with Gasteiger partial charge in [0, 0.05) is 13.1 Å². The number of pyridine rings is 1. The van der Waals surface area contributed by atoms with Crippen LogP contribution in [0.4, 0.5) is 5.69 Å². The zero-order valence-corrected chi connectivity index (χ0v) is 11.2. The van der Waals surface area contributed by atoms with E-state index in [0.717, 1.165) is 37.3 Å². The Labute approximate surface area is 104 Å². The highest BCUT2D eigenvalue weighted by molar-refractivity contribution is 5.44. The molecule has 0 saturated carbocycles. The highest BCUT2D eigenvalue weighted by Crippen LogP contribution is 2.18. The normalized spacial score (nSPS) is 12.5. The van der Waals surface area contributed by atoms with Crippen molar-refractivity contribution in [3.05, 3.63) is 24.0 Å². The third-order valence-electron chi connectivity index (χ3n) is 2.85. The molecule has 0 fully saturated rings. The first-order chi connectivity index (χ1) is 8.22. The third kappa shape index (κ3) is 4.00. The molecule has 1 heterocycles. The maximum absolute atomic E-state index is 9.69. The van der Waals surface area contributed by atoms with Crippen LogP contribution in [0.25, 0.3) is 0 Å². The molecule has 0 amide bonds. The Morgan fingerprint density at radius 1 is 1.18 bits per heavy atom. The summed E-state index contributed by atoms with van der Waals surface area (Å²) >= 11 is 0. The van der Waals surface area contributed by atoms with E-state index < -0.39 is 6.10 Å². The molecular weight excluding hydrogens is 212 g/mol. The Hall–Kier alpha value is -1.09. The summed E-state index contributed by atoms with van der Waals surface area (Å²) in [4.78, 5) is 6.69. The van der Waals surface area contributed by atoms with Crippen molar-refractivity contribution < 1.29 is 5.11 Å². The number of hydrogen-bond acceptors (Lipinski definition) is 3. The van der Waals surface area contributed by atoms with Gasteiger partial charge in [0.25, 0.3) is 0 Å². The molecule has 0 unspecified atom stereocenters. The Morgan fingerprint density at radius 3 is 2.24 bits per heavy atom. The predicted molar refractivity (Wildman–Crippen MR) is 72.3 cm³/mol. The van der Waals surface area contributed by atoms with Gasteiger partial charge < -0.3 is 10.0 Å². The van der Waals surface area contributed by atoms with E-state index in [1.807, 2.05) is 19.2 Å². The van der Waals surface area contributed by atoms with E-state index >= 15 is 0 Å². The molecule has 0 bridgehead atoms. The molecule has 3 heteroatoms. The smallest absolute Gasteiger partial charge is 0.0957 e. The Balaban J connectivity index is 2.76. The summed E-state index contributed by atoms with van der Waals surface area (Å²) in [5, 5.41) is 9.69. The van der Waals surface area contributed by atoms with Gasteiger partial charge in [0.05, 0.1) is 23.7 Å². The van der Waals surface area contributed by atoms with E-state index in [1.165, 1.54) is 0 Å². The minimum atomic E-state index is -0.435. The highest BCUT2D eigenvalue weighted by atomic mass is 16.3. The fourth-order valence-electron chi connectivity index (χ4n) is 1.90. The Bertz CT molecular complexity index is 305. The molecule has 0 aromatic carbocycles. The number of anilines is 1. The van der Waals surface area contributed by atoms with Crippen LogP contribution in [0.5, 0.6) is 0 Å². The first-order valence-corrected chi connectivity index (χ1v) is 6.61. The lowest BCUT2D eigenvalue weighted by Crippen LogP contribution is -2.25. The number of aliphatic hydroxyl groups excluding tert-OH is 1. The van der Waals surface area contributed by atoms with Gasteiger partial charge in [-0.25, -0.2) is 0 Å². The second kappa shape index (κ2) is 7.28. The average molecular weight is 236 g/mol. The molecule has 17 heavy (non-hydrogen) atoms. The van der Waals surface area contributed by atoms with Crippen LogP contribution in [0, 0.1) is 0 Å². The van der Waals surface area contributed by atoms with Gasteiger partial charge in [0.1, 0.15) is 0 Å². The van der Waals surface area contributed by atoms with Gasteiger partial charge in [0.2, 0.25) is 0 Å². The minimum Gasteiger partial charge on any atom is -0.387 e. The molecule has 0 aliphatic heterocycles. The number of hydrogen-bond donors (Lipinski definition) is 1. The second-order valence-corrected chi connectivity index (χ2v) is 4.35. The zero-order valence-electron chi connectivity index (χ0n) is 11.2. The molecule has 0 radical (unpaired) electrons. The lowest BCUT2D eigenvalue weighted by atomic mass is 10.2. The number of rotatable bonds is 7. The lowest BCUT2D eigenvalue weighted by molar-refractivity contribution is 0.169. The van der Waals surface area contributed by atoms with Crippen LogP contribution in [0.15, 0.2) is 18.3 Å². The SMILES string of the molecule is CCCN(CCC)c1ccc([C@@H](O)CC)nc1. The van der Waals surface area contributed by atoms with E-state index in [4.69, 9.17) is 0 Å².